The van der Waals surface area contributed by atoms with E-state index in [-0.39, 0.29) is 17.7 Å². The van der Waals surface area contributed by atoms with E-state index in [0.717, 1.165) is 11.1 Å². The predicted molar refractivity (Wildman–Crippen MR) is 289 cm³/mol. The van der Waals surface area contributed by atoms with Gasteiger partial charge in [-0.15, -0.1) is 0 Å². The third-order valence-electron chi connectivity index (χ3n) is 11.3. The standard InChI is InChI=1S/C29H41NO8.C28H43N3O8/c1-2-32-13-14-34-17-18-36-21-22-37-20-19-35-16-15-33-12-11-30-29(31)38-23-28-26-9-5-3-7-24(26)25-8-4-6-10-27(25)28;1-2-33-13-14-35-17-18-37-21-22-38-20-19-36-16-15-34-12-10-26(32)8-7-24-3-5-25(6-4-24)23-39-28-30-11-9-27(29)31-28/h3-10,28H,2,11-23H2,1H3,(H,30,31);3-6,9,11H,2,7-8,10,12-23H2,1H3,(H2,29,30,31). The van der Waals surface area contributed by atoms with Gasteiger partial charge in [0, 0.05) is 44.7 Å². The predicted octanol–water partition coefficient (Wildman–Crippen LogP) is 6.29. The van der Waals surface area contributed by atoms with Gasteiger partial charge in [-0.05, 0) is 59.7 Å². The smallest absolute Gasteiger partial charge is 0.407 e. The van der Waals surface area contributed by atoms with Crippen LogP contribution < -0.4 is 15.8 Å². The van der Waals surface area contributed by atoms with Gasteiger partial charge in [-0.3, -0.25) is 4.79 Å². The van der Waals surface area contributed by atoms with Crippen LogP contribution in [-0.4, -0.2) is 194 Å². The lowest BCUT2D eigenvalue weighted by molar-refractivity contribution is -0.120. The number of ketones is 1. The lowest BCUT2D eigenvalue weighted by Gasteiger charge is -2.14. The first-order valence-corrected chi connectivity index (χ1v) is 26.8. The van der Waals surface area contributed by atoms with Crippen molar-refractivity contribution < 1.29 is 75.9 Å². The number of anilines is 1. The molecule has 0 atom stereocenters. The number of nitrogens with one attached hydrogen (secondary N) is 1. The van der Waals surface area contributed by atoms with Gasteiger partial charge in [-0.1, -0.05) is 72.8 Å². The average molecular weight is 1080 g/mol. The summed E-state index contributed by atoms with van der Waals surface area (Å²) in [4.78, 5) is 32.3. The number of alkyl carbamates (subject to hydrolysis) is 1. The highest BCUT2D eigenvalue weighted by atomic mass is 16.6. The minimum atomic E-state index is -0.443. The van der Waals surface area contributed by atoms with E-state index in [0.29, 0.717) is 203 Å². The van der Waals surface area contributed by atoms with E-state index < -0.39 is 6.09 Å². The Hall–Kier alpha value is -5.20. The van der Waals surface area contributed by atoms with Gasteiger partial charge >= 0.3 is 12.1 Å². The molecular formula is C57H84N4O16. The van der Waals surface area contributed by atoms with Crippen LogP contribution >= 0.6 is 0 Å². The van der Waals surface area contributed by atoms with Crippen molar-refractivity contribution >= 4 is 17.7 Å². The number of amides is 1. The Balaban J connectivity index is 0.000000333. The molecule has 0 bridgehead atoms. The molecule has 0 unspecified atom stereocenters. The second kappa shape index (κ2) is 43.7. The quantitative estimate of drug-likeness (QED) is 0.0463. The van der Waals surface area contributed by atoms with Crippen molar-refractivity contribution in [2.45, 2.75) is 45.6 Å². The van der Waals surface area contributed by atoms with E-state index >= 15 is 0 Å². The highest BCUT2D eigenvalue weighted by Gasteiger charge is 2.29. The summed E-state index contributed by atoms with van der Waals surface area (Å²) >= 11 is 0. The Morgan fingerprint density at radius 2 is 0.909 bits per heavy atom. The number of Topliss-reactive ketones (excluding diaryl/α,β-unsaturated/α-hetero) is 1. The van der Waals surface area contributed by atoms with E-state index in [1.807, 2.05) is 62.4 Å². The first kappa shape index (κ1) is 64.3. The summed E-state index contributed by atoms with van der Waals surface area (Å²) in [6, 6.07) is 26.3. The fourth-order valence-electron chi connectivity index (χ4n) is 7.33. The van der Waals surface area contributed by atoms with Gasteiger partial charge < -0.3 is 77.4 Å². The van der Waals surface area contributed by atoms with Gasteiger partial charge in [0.05, 0.1) is 145 Å². The molecule has 4 aromatic rings. The van der Waals surface area contributed by atoms with Gasteiger partial charge in [0.1, 0.15) is 24.8 Å². The average Bonchev–Trinajstić information content (AvgIpc) is 3.77. The lowest BCUT2D eigenvalue weighted by atomic mass is 9.98. The molecule has 1 aromatic heterocycles. The van der Waals surface area contributed by atoms with Gasteiger partial charge in [-0.25, -0.2) is 9.78 Å². The van der Waals surface area contributed by atoms with Crippen LogP contribution in [0, 0.1) is 0 Å². The van der Waals surface area contributed by atoms with E-state index in [1.54, 1.807) is 12.3 Å². The van der Waals surface area contributed by atoms with Crippen LogP contribution in [0.2, 0.25) is 0 Å². The maximum Gasteiger partial charge on any atom is 0.407 e. The molecule has 77 heavy (non-hydrogen) atoms. The topological polar surface area (TPSA) is 227 Å². The van der Waals surface area contributed by atoms with Crippen LogP contribution in [0.4, 0.5) is 10.6 Å². The Morgan fingerprint density at radius 3 is 1.36 bits per heavy atom. The maximum atomic E-state index is 12.2. The van der Waals surface area contributed by atoms with Crippen LogP contribution in [0.3, 0.4) is 0 Å². The highest BCUT2D eigenvalue weighted by molar-refractivity contribution is 5.79. The highest BCUT2D eigenvalue weighted by Crippen LogP contribution is 2.44. The number of hydrogen-bond acceptors (Lipinski definition) is 19. The van der Waals surface area contributed by atoms with Gasteiger partial charge in [0.25, 0.3) is 0 Å². The van der Waals surface area contributed by atoms with Gasteiger partial charge in [0.2, 0.25) is 0 Å². The van der Waals surface area contributed by atoms with Crippen molar-refractivity contribution in [3.05, 3.63) is 107 Å². The van der Waals surface area contributed by atoms with E-state index in [2.05, 4.69) is 39.6 Å². The van der Waals surface area contributed by atoms with Crippen LogP contribution in [0.1, 0.15) is 54.9 Å². The number of rotatable bonds is 46. The fraction of sp³-hybridized carbons (Fsp3) is 0.579. The zero-order valence-electron chi connectivity index (χ0n) is 45.4. The summed E-state index contributed by atoms with van der Waals surface area (Å²) in [5.74, 6) is 0.591. The van der Waals surface area contributed by atoms with Crippen molar-refractivity contribution in [3.63, 3.8) is 0 Å². The summed E-state index contributed by atoms with van der Waals surface area (Å²) in [5, 5.41) is 2.74. The second-order valence-electron chi connectivity index (χ2n) is 16.9. The number of carbonyl (C=O) groups is 2. The summed E-state index contributed by atoms with van der Waals surface area (Å²) in [5.41, 5.74) is 12.5. The van der Waals surface area contributed by atoms with Crippen molar-refractivity contribution in [3.8, 4) is 17.1 Å². The normalized spacial score (nSPS) is 11.7. The zero-order valence-corrected chi connectivity index (χ0v) is 45.4. The van der Waals surface area contributed by atoms with Crippen LogP contribution in [0.15, 0.2) is 85.1 Å². The number of ether oxygens (including phenoxy) is 14. The number of aryl methyl sites for hydroxylation is 1. The zero-order chi connectivity index (χ0) is 54.5. The SMILES string of the molecule is CCOCCOCCOCCOCCOCCOCCC(=O)CCc1ccc(COc2nccc(N)n2)cc1.CCOCCOCCOCCOCCOCCOCCNC(=O)OCC1c2ccccc2-c2ccccc21. The van der Waals surface area contributed by atoms with E-state index in [4.69, 9.17) is 72.0 Å². The number of hydrogen-bond donors (Lipinski definition) is 2. The molecule has 0 saturated carbocycles. The number of nitrogens with two attached hydrogens (primary N) is 1. The van der Waals surface area contributed by atoms with E-state index in [1.165, 1.54) is 22.3 Å². The Kier molecular flexibility index (Phi) is 36.5. The van der Waals surface area contributed by atoms with Crippen molar-refractivity contribution in [2.75, 3.05) is 177 Å². The summed E-state index contributed by atoms with van der Waals surface area (Å²) in [7, 11) is 0. The van der Waals surface area contributed by atoms with Gasteiger partial charge in [-0.2, -0.15) is 4.98 Å². The molecule has 428 valence electrons. The number of nitrogen functional groups attached to an aromatic ring is 1. The molecule has 0 radical (unpaired) electrons. The minimum absolute atomic E-state index is 0.0497. The van der Waals surface area contributed by atoms with Crippen molar-refractivity contribution in [1.82, 2.24) is 15.3 Å². The molecule has 0 saturated heterocycles. The fourth-order valence-corrected chi connectivity index (χ4v) is 7.33. The Bertz CT molecular complexity index is 2060. The second-order valence-corrected chi connectivity index (χ2v) is 16.9. The molecule has 20 heteroatoms. The number of nitrogens with zero attached hydrogens (tertiary/aromatic N) is 2. The largest absolute Gasteiger partial charge is 0.459 e. The Morgan fingerprint density at radius 1 is 0.494 bits per heavy atom. The lowest BCUT2D eigenvalue weighted by Crippen LogP contribution is -2.29. The van der Waals surface area contributed by atoms with Crippen LogP contribution in [-0.2, 0) is 79.4 Å². The number of benzene rings is 3. The van der Waals surface area contributed by atoms with E-state index in [9.17, 15) is 9.59 Å². The molecule has 1 aliphatic rings. The molecule has 1 heterocycles. The molecule has 3 N–H and O–H groups in total. The first-order valence-electron chi connectivity index (χ1n) is 26.8. The monoisotopic (exact) mass is 1080 g/mol. The molecule has 0 spiro atoms. The molecule has 1 aliphatic carbocycles. The number of carbonyl (C=O) groups excluding carboxylic acids is 2. The molecule has 0 aliphatic heterocycles. The Labute approximate surface area is 455 Å². The third kappa shape index (κ3) is 30.5. The summed E-state index contributed by atoms with van der Waals surface area (Å²) in [6.07, 6.45) is 2.68. The van der Waals surface area contributed by atoms with Crippen LogP contribution in [0.5, 0.6) is 6.01 Å². The minimum Gasteiger partial charge on any atom is -0.459 e. The molecule has 5 rings (SSSR count). The summed E-state index contributed by atoms with van der Waals surface area (Å²) < 4.78 is 75.8. The molecule has 3 aromatic carbocycles. The molecule has 1 amide bonds. The molecular weight excluding hydrogens is 997 g/mol. The molecule has 20 nitrogen and oxygen atoms in total. The van der Waals surface area contributed by atoms with Crippen LogP contribution in [0.25, 0.3) is 11.1 Å². The number of fused-ring (bicyclic) bond motifs is 3. The summed E-state index contributed by atoms with van der Waals surface area (Å²) in [6.45, 7) is 17.6. The first-order chi connectivity index (χ1) is 38.0. The van der Waals surface area contributed by atoms with Crippen molar-refractivity contribution in [1.29, 1.82) is 0 Å². The third-order valence-corrected chi connectivity index (χ3v) is 11.3. The number of aromatic nitrogens is 2. The van der Waals surface area contributed by atoms with Gasteiger partial charge in [0.15, 0.2) is 0 Å². The molecule has 0 fully saturated rings. The van der Waals surface area contributed by atoms with Crippen molar-refractivity contribution in [2.24, 2.45) is 0 Å². The maximum absolute atomic E-state index is 12.2.